The van der Waals surface area contributed by atoms with E-state index in [1.165, 1.54) is 16.7 Å². The fourth-order valence-corrected chi connectivity index (χ4v) is 2.97. The van der Waals surface area contributed by atoms with E-state index in [0.29, 0.717) is 0 Å². The predicted molar refractivity (Wildman–Crippen MR) is 89.5 cm³/mol. The number of hydrogen-bond acceptors (Lipinski definition) is 1. The lowest BCUT2D eigenvalue weighted by molar-refractivity contribution is 0.103. The average molecular weight is 280 g/mol. The van der Waals surface area contributed by atoms with Crippen molar-refractivity contribution in [1.82, 2.24) is 0 Å². The molecule has 21 heavy (non-hydrogen) atoms. The van der Waals surface area contributed by atoms with E-state index < -0.39 is 0 Å². The van der Waals surface area contributed by atoms with E-state index in [-0.39, 0.29) is 5.78 Å². The number of aryl methyl sites for hydroxylation is 1. The van der Waals surface area contributed by atoms with Crippen LogP contribution in [0.4, 0.5) is 0 Å². The quantitative estimate of drug-likeness (QED) is 0.701. The number of hydrogen-bond donors (Lipinski definition) is 0. The molecule has 0 aliphatic rings. The molecule has 0 unspecified atom stereocenters. The molecular formula is C20H24O. The molecular weight excluding hydrogens is 256 g/mol. The van der Waals surface area contributed by atoms with Crippen LogP contribution in [-0.2, 0) is 0 Å². The second kappa shape index (κ2) is 5.48. The largest absolute Gasteiger partial charge is 0.289 e. The molecule has 0 bridgehead atoms. The normalized spacial score (nSPS) is 10.8. The van der Waals surface area contributed by atoms with E-state index in [4.69, 9.17) is 0 Å². The zero-order valence-corrected chi connectivity index (χ0v) is 14.1. The molecule has 0 spiro atoms. The first-order valence-electron chi connectivity index (χ1n) is 7.45. The van der Waals surface area contributed by atoms with Crippen LogP contribution in [0.15, 0.2) is 18.2 Å². The minimum absolute atomic E-state index is 0.150. The van der Waals surface area contributed by atoms with Gasteiger partial charge < -0.3 is 0 Å². The van der Waals surface area contributed by atoms with Crippen LogP contribution in [0.2, 0.25) is 0 Å². The smallest absolute Gasteiger partial charge is 0.193 e. The van der Waals surface area contributed by atoms with Gasteiger partial charge in [-0.3, -0.25) is 4.79 Å². The topological polar surface area (TPSA) is 17.1 Å². The summed E-state index contributed by atoms with van der Waals surface area (Å²) in [4.78, 5) is 13.1. The molecule has 0 radical (unpaired) electrons. The highest BCUT2D eigenvalue weighted by atomic mass is 16.1. The minimum Gasteiger partial charge on any atom is -0.289 e. The fraction of sp³-hybridized carbons (Fsp3) is 0.350. The Morgan fingerprint density at radius 3 is 1.67 bits per heavy atom. The Morgan fingerprint density at radius 1 is 0.667 bits per heavy atom. The molecule has 0 heterocycles. The molecule has 0 aromatic heterocycles. The van der Waals surface area contributed by atoms with Crippen LogP contribution in [0, 0.1) is 48.5 Å². The van der Waals surface area contributed by atoms with Gasteiger partial charge in [0.2, 0.25) is 0 Å². The van der Waals surface area contributed by atoms with Crippen LogP contribution in [0.3, 0.4) is 0 Å². The maximum atomic E-state index is 13.1. The van der Waals surface area contributed by atoms with E-state index in [0.717, 1.165) is 33.4 Å². The van der Waals surface area contributed by atoms with Crippen LogP contribution in [0.25, 0.3) is 0 Å². The molecule has 0 N–H and O–H groups in total. The average Bonchev–Trinajstić information content (AvgIpc) is 2.46. The summed E-state index contributed by atoms with van der Waals surface area (Å²) in [6.07, 6.45) is 0. The van der Waals surface area contributed by atoms with Gasteiger partial charge in [0.1, 0.15) is 0 Å². The third-order valence-electron chi connectivity index (χ3n) is 5.08. The Bertz CT molecular complexity index is 707. The molecule has 2 aromatic rings. The summed E-state index contributed by atoms with van der Waals surface area (Å²) in [5.74, 6) is 0.150. The third-order valence-corrected chi connectivity index (χ3v) is 5.08. The van der Waals surface area contributed by atoms with E-state index in [1.54, 1.807) is 0 Å². The van der Waals surface area contributed by atoms with Gasteiger partial charge in [0.25, 0.3) is 0 Å². The van der Waals surface area contributed by atoms with Crippen LogP contribution in [0.1, 0.15) is 54.9 Å². The molecule has 0 aliphatic carbocycles. The highest BCUT2D eigenvalue weighted by Gasteiger charge is 2.20. The maximum Gasteiger partial charge on any atom is 0.193 e. The van der Waals surface area contributed by atoms with Crippen LogP contribution in [0.5, 0.6) is 0 Å². The van der Waals surface area contributed by atoms with Gasteiger partial charge in [0.15, 0.2) is 5.78 Å². The highest BCUT2D eigenvalue weighted by molar-refractivity contribution is 6.12. The molecule has 0 fully saturated rings. The molecule has 0 atom stereocenters. The molecule has 0 aliphatic heterocycles. The predicted octanol–water partition coefficient (Wildman–Crippen LogP) is 5.08. The molecule has 0 saturated carbocycles. The highest BCUT2D eigenvalue weighted by Crippen LogP contribution is 2.29. The maximum absolute atomic E-state index is 13.1. The Hall–Kier alpha value is -1.89. The van der Waals surface area contributed by atoms with Crippen molar-refractivity contribution < 1.29 is 4.79 Å². The summed E-state index contributed by atoms with van der Waals surface area (Å²) in [5, 5.41) is 0. The van der Waals surface area contributed by atoms with Crippen molar-refractivity contribution in [1.29, 1.82) is 0 Å². The Morgan fingerprint density at radius 2 is 1.14 bits per heavy atom. The fourth-order valence-electron chi connectivity index (χ4n) is 2.97. The van der Waals surface area contributed by atoms with Crippen LogP contribution >= 0.6 is 0 Å². The SMILES string of the molecule is Cc1cccc(C(=O)c2c(C)c(C)c(C)c(C)c2C)c1C. The third kappa shape index (κ3) is 2.42. The molecule has 1 nitrogen and oxygen atoms in total. The lowest BCUT2D eigenvalue weighted by Crippen LogP contribution is -2.12. The van der Waals surface area contributed by atoms with Gasteiger partial charge in [0, 0.05) is 11.1 Å². The summed E-state index contributed by atoms with van der Waals surface area (Å²) in [6, 6.07) is 5.96. The van der Waals surface area contributed by atoms with Gasteiger partial charge in [0.05, 0.1) is 0 Å². The van der Waals surface area contributed by atoms with Gasteiger partial charge in [-0.05, 0) is 87.4 Å². The second-order valence-electron chi connectivity index (χ2n) is 6.08. The number of carbonyl (C=O) groups is 1. The molecule has 0 saturated heterocycles. The molecule has 0 amide bonds. The number of benzene rings is 2. The number of ketones is 1. The zero-order chi connectivity index (χ0) is 15.9. The van der Waals surface area contributed by atoms with E-state index in [2.05, 4.69) is 47.6 Å². The van der Waals surface area contributed by atoms with Crippen LogP contribution < -0.4 is 0 Å². The van der Waals surface area contributed by atoms with Crippen molar-refractivity contribution in [2.24, 2.45) is 0 Å². The first-order valence-corrected chi connectivity index (χ1v) is 7.45. The van der Waals surface area contributed by atoms with Crippen molar-refractivity contribution in [3.8, 4) is 0 Å². The zero-order valence-electron chi connectivity index (χ0n) is 14.1. The lowest BCUT2D eigenvalue weighted by atomic mass is 9.85. The van der Waals surface area contributed by atoms with Crippen molar-refractivity contribution in [2.45, 2.75) is 48.5 Å². The van der Waals surface area contributed by atoms with Crippen LogP contribution in [-0.4, -0.2) is 5.78 Å². The Labute approximate surface area is 128 Å². The summed E-state index contributed by atoms with van der Waals surface area (Å²) < 4.78 is 0. The molecule has 2 aromatic carbocycles. The van der Waals surface area contributed by atoms with Gasteiger partial charge in [-0.2, -0.15) is 0 Å². The monoisotopic (exact) mass is 280 g/mol. The Balaban J connectivity index is 2.73. The summed E-state index contributed by atoms with van der Waals surface area (Å²) in [6.45, 7) is 14.6. The van der Waals surface area contributed by atoms with Crippen molar-refractivity contribution in [3.05, 3.63) is 68.3 Å². The van der Waals surface area contributed by atoms with Gasteiger partial charge >= 0.3 is 0 Å². The minimum atomic E-state index is 0.150. The summed E-state index contributed by atoms with van der Waals surface area (Å²) in [5.41, 5.74) is 9.92. The standard InChI is InChI=1S/C20H24O/c1-11-9-8-10-18(12(11)2)20(21)19-16(6)14(4)13(3)15(5)17(19)7/h8-10H,1-7H3. The first kappa shape index (κ1) is 15.5. The number of rotatable bonds is 2. The molecule has 1 heteroatoms. The van der Waals surface area contributed by atoms with E-state index in [1.807, 2.05) is 19.1 Å². The molecule has 110 valence electrons. The number of carbonyl (C=O) groups excluding carboxylic acids is 1. The van der Waals surface area contributed by atoms with E-state index in [9.17, 15) is 4.79 Å². The molecule has 2 rings (SSSR count). The van der Waals surface area contributed by atoms with Crippen molar-refractivity contribution in [2.75, 3.05) is 0 Å². The summed E-state index contributed by atoms with van der Waals surface area (Å²) >= 11 is 0. The van der Waals surface area contributed by atoms with Gasteiger partial charge in [-0.15, -0.1) is 0 Å². The van der Waals surface area contributed by atoms with Crippen molar-refractivity contribution >= 4 is 5.78 Å². The van der Waals surface area contributed by atoms with Gasteiger partial charge in [-0.1, -0.05) is 18.2 Å². The first-order chi connectivity index (χ1) is 9.77. The Kier molecular flexibility index (Phi) is 4.04. The second-order valence-corrected chi connectivity index (χ2v) is 6.08. The lowest BCUT2D eigenvalue weighted by Gasteiger charge is -2.19. The van der Waals surface area contributed by atoms with Crippen molar-refractivity contribution in [3.63, 3.8) is 0 Å². The van der Waals surface area contributed by atoms with E-state index >= 15 is 0 Å². The van der Waals surface area contributed by atoms with Gasteiger partial charge in [-0.25, -0.2) is 0 Å². The summed E-state index contributed by atoms with van der Waals surface area (Å²) in [7, 11) is 0.